The Morgan fingerprint density at radius 2 is 1.94 bits per heavy atom. The Balaban J connectivity index is 2.07. The van der Waals surface area contributed by atoms with Gasteiger partial charge < -0.3 is 5.32 Å². The normalized spacial score (nSPS) is 12.9. The molecule has 95 valence electrons. The second-order valence-electron chi connectivity index (χ2n) is 3.70. The predicted octanol–water partition coefficient (Wildman–Crippen LogP) is 2.68. The van der Waals surface area contributed by atoms with Gasteiger partial charge in [-0.1, -0.05) is 18.2 Å². The lowest BCUT2D eigenvalue weighted by molar-refractivity contribution is 0.146. The van der Waals surface area contributed by atoms with Crippen LogP contribution in [0.25, 0.3) is 0 Å². The van der Waals surface area contributed by atoms with Crippen molar-refractivity contribution in [2.75, 3.05) is 18.8 Å². The third-order valence-corrected chi connectivity index (χ3v) is 3.34. The van der Waals surface area contributed by atoms with Crippen molar-refractivity contribution >= 4 is 11.8 Å². The summed E-state index contributed by atoms with van der Waals surface area (Å²) < 4.78 is 23.6. The molecule has 0 spiro atoms. The highest BCUT2D eigenvalue weighted by Crippen LogP contribution is 2.18. The molecule has 1 radical (unpaired) electrons. The van der Waals surface area contributed by atoms with Gasteiger partial charge in [0, 0.05) is 16.7 Å². The summed E-state index contributed by atoms with van der Waals surface area (Å²) in [5.74, 6) is 0.695. The van der Waals surface area contributed by atoms with Crippen molar-refractivity contribution in [2.45, 2.75) is 23.8 Å². The number of nitrogens with one attached hydrogen (secondary N) is 2. The molecule has 0 aliphatic heterocycles. The third kappa shape index (κ3) is 7.31. The van der Waals surface area contributed by atoms with Crippen LogP contribution < -0.4 is 11.1 Å². The summed E-state index contributed by atoms with van der Waals surface area (Å²) in [6.45, 7) is 0.201. The van der Waals surface area contributed by atoms with Crippen molar-refractivity contribution in [3.63, 3.8) is 0 Å². The van der Waals surface area contributed by atoms with Gasteiger partial charge in [0.25, 0.3) is 6.43 Å². The molecule has 0 aliphatic rings. The summed E-state index contributed by atoms with van der Waals surface area (Å²) in [5.41, 5.74) is 7.76. The van der Waals surface area contributed by atoms with Crippen LogP contribution in [0.5, 0.6) is 0 Å². The first-order valence-electron chi connectivity index (χ1n) is 5.56. The van der Waals surface area contributed by atoms with E-state index in [0.717, 1.165) is 4.90 Å². The number of alkyl halides is 2. The predicted molar refractivity (Wildman–Crippen MR) is 67.5 cm³/mol. The number of rotatable bonds is 8. The Hall–Kier alpha value is -0.650. The highest BCUT2D eigenvalue weighted by Gasteiger charge is 2.05. The third-order valence-electron chi connectivity index (χ3n) is 2.16. The lowest BCUT2D eigenvalue weighted by Gasteiger charge is -2.10. The van der Waals surface area contributed by atoms with Gasteiger partial charge in [0.05, 0.1) is 6.54 Å². The summed E-state index contributed by atoms with van der Waals surface area (Å²) in [7, 11) is 0. The van der Waals surface area contributed by atoms with Crippen LogP contribution in [0.2, 0.25) is 0 Å². The van der Waals surface area contributed by atoms with Crippen LogP contribution >= 0.6 is 11.8 Å². The molecule has 2 nitrogen and oxygen atoms in total. The Bertz CT molecular complexity index is 296. The maximum atomic E-state index is 11.8. The molecule has 0 fully saturated rings. The molecular formula is C12H17F2N2S. The Labute approximate surface area is 105 Å². The molecule has 1 aromatic rings. The maximum absolute atomic E-state index is 11.8. The lowest BCUT2D eigenvalue weighted by atomic mass is 10.2. The minimum atomic E-state index is -2.31. The highest BCUT2D eigenvalue weighted by atomic mass is 32.2. The standard InChI is InChI=1S/C12H17F2N2S/c13-12(14)8-16-7-6-10(15)9-17-11-4-2-1-3-5-11/h1-5,10,12,15-16H,6-9H2/t10-/m1/s1. The van der Waals surface area contributed by atoms with Crippen molar-refractivity contribution in [1.82, 2.24) is 11.1 Å². The smallest absolute Gasteiger partial charge is 0.250 e. The Morgan fingerprint density at radius 1 is 1.24 bits per heavy atom. The van der Waals surface area contributed by atoms with E-state index in [9.17, 15) is 8.78 Å². The number of hydrogen-bond acceptors (Lipinski definition) is 2. The Morgan fingerprint density at radius 3 is 2.59 bits per heavy atom. The highest BCUT2D eigenvalue weighted by molar-refractivity contribution is 7.99. The SMILES string of the molecule is [NH][C@H](CCNCC(F)F)CSc1ccccc1. The van der Waals surface area contributed by atoms with E-state index in [1.165, 1.54) is 0 Å². The fourth-order valence-electron chi connectivity index (χ4n) is 1.28. The van der Waals surface area contributed by atoms with Crippen LogP contribution in [0, 0.1) is 0 Å². The van der Waals surface area contributed by atoms with Gasteiger partial charge in [0.1, 0.15) is 0 Å². The van der Waals surface area contributed by atoms with Gasteiger partial charge in [-0.2, -0.15) is 0 Å². The van der Waals surface area contributed by atoms with E-state index >= 15 is 0 Å². The Kier molecular flexibility index (Phi) is 7.16. The monoisotopic (exact) mass is 259 g/mol. The molecule has 2 N–H and O–H groups in total. The molecular weight excluding hydrogens is 242 g/mol. The molecule has 1 aromatic carbocycles. The molecule has 0 saturated heterocycles. The van der Waals surface area contributed by atoms with Crippen LogP contribution in [-0.4, -0.2) is 31.3 Å². The van der Waals surface area contributed by atoms with Gasteiger partial charge in [0.15, 0.2) is 0 Å². The minimum absolute atomic E-state index is 0.217. The maximum Gasteiger partial charge on any atom is 0.250 e. The average Bonchev–Trinajstić information content (AvgIpc) is 2.33. The van der Waals surface area contributed by atoms with Gasteiger partial charge in [0.2, 0.25) is 0 Å². The van der Waals surface area contributed by atoms with Crippen LogP contribution in [0.3, 0.4) is 0 Å². The fourth-order valence-corrected chi connectivity index (χ4v) is 2.19. The molecule has 0 saturated carbocycles. The minimum Gasteiger partial charge on any atom is -0.311 e. The van der Waals surface area contributed by atoms with Crippen molar-refractivity contribution in [1.29, 1.82) is 0 Å². The first kappa shape index (κ1) is 14.4. The lowest BCUT2D eigenvalue weighted by Crippen LogP contribution is -2.26. The van der Waals surface area contributed by atoms with E-state index in [1.807, 2.05) is 30.3 Å². The van der Waals surface area contributed by atoms with Crippen LogP contribution in [-0.2, 0) is 0 Å². The zero-order valence-corrected chi connectivity index (χ0v) is 10.4. The molecule has 1 rings (SSSR count). The molecule has 1 atom stereocenters. The average molecular weight is 259 g/mol. The number of hydrogen-bond donors (Lipinski definition) is 1. The van der Waals surface area contributed by atoms with Crippen LogP contribution in [0.1, 0.15) is 6.42 Å². The molecule has 0 amide bonds. The van der Waals surface area contributed by atoms with E-state index < -0.39 is 6.43 Å². The van der Waals surface area contributed by atoms with Gasteiger partial charge in [-0.3, -0.25) is 5.73 Å². The van der Waals surface area contributed by atoms with Crippen LogP contribution in [0.15, 0.2) is 35.2 Å². The number of halogens is 2. The summed E-state index contributed by atoms with van der Waals surface area (Å²) in [6, 6.07) is 9.68. The quantitative estimate of drug-likeness (QED) is 0.575. The first-order valence-corrected chi connectivity index (χ1v) is 6.55. The molecule has 0 heterocycles. The summed E-state index contributed by atoms with van der Waals surface area (Å²) in [4.78, 5) is 1.14. The molecule has 17 heavy (non-hydrogen) atoms. The second-order valence-corrected chi connectivity index (χ2v) is 4.80. The largest absolute Gasteiger partial charge is 0.311 e. The molecule has 5 heteroatoms. The van der Waals surface area contributed by atoms with Crippen LogP contribution in [0.4, 0.5) is 8.78 Å². The summed E-state index contributed by atoms with van der Waals surface area (Å²) in [5, 5.41) is 2.63. The first-order chi connectivity index (χ1) is 8.18. The molecule has 0 aromatic heterocycles. The van der Waals surface area contributed by atoms with E-state index in [2.05, 4.69) is 5.32 Å². The van der Waals surface area contributed by atoms with Crippen molar-refractivity contribution < 1.29 is 8.78 Å². The van der Waals surface area contributed by atoms with Gasteiger partial charge in [-0.25, -0.2) is 8.78 Å². The van der Waals surface area contributed by atoms with Gasteiger partial charge in [-0.15, -0.1) is 11.8 Å². The van der Waals surface area contributed by atoms with E-state index in [1.54, 1.807) is 11.8 Å². The van der Waals surface area contributed by atoms with Gasteiger partial charge in [-0.05, 0) is 25.1 Å². The second kappa shape index (κ2) is 8.44. The fraction of sp³-hybridized carbons (Fsp3) is 0.500. The summed E-state index contributed by atoms with van der Waals surface area (Å²) in [6.07, 6.45) is -1.70. The van der Waals surface area contributed by atoms with Gasteiger partial charge >= 0.3 is 0 Å². The van der Waals surface area contributed by atoms with Crippen molar-refractivity contribution in [2.24, 2.45) is 0 Å². The number of thioether (sulfide) groups is 1. The van der Waals surface area contributed by atoms with E-state index in [4.69, 9.17) is 5.73 Å². The zero-order valence-electron chi connectivity index (χ0n) is 9.53. The van der Waals surface area contributed by atoms with Crippen molar-refractivity contribution in [3.8, 4) is 0 Å². The molecule has 0 unspecified atom stereocenters. The van der Waals surface area contributed by atoms with E-state index in [0.29, 0.717) is 18.7 Å². The topological polar surface area (TPSA) is 35.8 Å². The molecule has 0 aliphatic carbocycles. The zero-order chi connectivity index (χ0) is 12.5. The molecule has 0 bridgehead atoms. The number of benzene rings is 1. The van der Waals surface area contributed by atoms with E-state index in [-0.39, 0.29) is 12.6 Å². The summed E-state index contributed by atoms with van der Waals surface area (Å²) >= 11 is 1.63. The van der Waals surface area contributed by atoms with Crippen molar-refractivity contribution in [3.05, 3.63) is 30.3 Å².